The molecule has 0 aliphatic carbocycles. The minimum atomic E-state index is -1.10. The van der Waals surface area contributed by atoms with Gasteiger partial charge in [0.1, 0.15) is 5.69 Å². The lowest BCUT2D eigenvalue weighted by atomic mass is 10.1. The number of carbonyl (C=O) groups is 1. The lowest BCUT2D eigenvalue weighted by Gasteiger charge is -2.08. The molecule has 1 heterocycles. The molecule has 2 rings (SSSR count). The largest absolute Gasteiger partial charge is 0.477 e. The molecule has 0 aliphatic rings. The van der Waals surface area contributed by atoms with E-state index in [9.17, 15) is 14.9 Å². The topological polar surface area (TPSA) is 85.4 Å². The maximum atomic E-state index is 11.0. The van der Waals surface area contributed by atoms with Crippen molar-refractivity contribution in [2.24, 2.45) is 0 Å². The fourth-order valence-electron chi connectivity index (χ4n) is 1.79. The van der Waals surface area contributed by atoms with E-state index < -0.39 is 10.9 Å². The highest BCUT2D eigenvalue weighted by Gasteiger charge is 2.18. The van der Waals surface area contributed by atoms with Crippen LogP contribution in [0.1, 0.15) is 16.1 Å². The van der Waals surface area contributed by atoms with E-state index in [-0.39, 0.29) is 28.5 Å². The van der Waals surface area contributed by atoms with Crippen LogP contribution >= 0.6 is 11.6 Å². The van der Waals surface area contributed by atoms with E-state index >= 15 is 0 Å². The van der Waals surface area contributed by atoms with E-state index in [2.05, 4.69) is 0 Å². The van der Waals surface area contributed by atoms with Gasteiger partial charge in [0.25, 0.3) is 5.69 Å². The second kappa shape index (κ2) is 5.11. The van der Waals surface area contributed by atoms with Crippen LogP contribution in [0.2, 0.25) is 5.02 Å². The summed E-state index contributed by atoms with van der Waals surface area (Å²) in [5.74, 6) is -1.10. The Kier molecular flexibility index (Phi) is 3.52. The molecule has 0 aliphatic heterocycles. The molecule has 0 spiro atoms. The monoisotopic (exact) mass is 280 g/mol. The number of aromatic nitrogens is 1. The molecule has 0 fully saturated rings. The molecule has 0 amide bonds. The first-order valence-electron chi connectivity index (χ1n) is 5.31. The van der Waals surface area contributed by atoms with Gasteiger partial charge in [-0.1, -0.05) is 17.7 Å². The summed E-state index contributed by atoms with van der Waals surface area (Å²) in [5, 5.41) is 20.2. The standard InChI is InChI=1S/C12H9ClN2O4/c13-9-3-1-4-10(15(18)19)8(9)7-14-6-2-5-11(14)12(16)17/h1-6H,7H2,(H,16,17). The number of nitrogens with zero attached hydrogens (tertiary/aromatic N) is 2. The lowest BCUT2D eigenvalue weighted by Crippen LogP contribution is -2.10. The molecule has 1 aromatic heterocycles. The Balaban J connectivity index is 2.46. The highest BCUT2D eigenvalue weighted by molar-refractivity contribution is 6.31. The van der Waals surface area contributed by atoms with Crippen LogP contribution < -0.4 is 0 Å². The number of carboxylic acids is 1. The van der Waals surface area contributed by atoms with Gasteiger partial charge in [-0.3, -0.25) is 10.1 Å². The molecule has 0 unspecified atom stereocenters. The quantitative estimate of drug-likeness (QED) is 0.689. The minimum Gasteiger partial charge on any atom is -0.477 e. The van der Waals surface area contributed by atoms with Gasteiger partial charge in [-0.2, -0.15) is 0 Å². The van der Waals surface area contributed by atoms with Crippen molar-refractivity contribution in [1.29, 1.82) is 0 Å². The van der Waals surface area contributed by atoms with Crippen LogP contribution in [0.25, 0.3) is 0 Å². The number of carboxylic acid groups (broad SMARTS) is 1. The van der Waals surface area contributed by atoms with Gasteiger partial charge in [0.15, 0.2) is 0 Å². The van der Waals surface area contributed by atoms with Gasteiger partial charge in [-0.25, -0.2) is 4.79 Å². The predicted octanol–water partition coefficient (Wildman–Crippen LogP) is 2.80. The van der Waals surface area contributed by atoms with Gasteiger partial charge >= 0.3 is 5.97 Å². The number of aromatic carboxylic acids is 1. The van der Waals surface area contributed by atoms with Crippen LogP contribution in [0.3, 0.4) is 0 Å². The zero-order chi connectivity index (χ0) is 14.0. The average molecular weight is 281 g/mol. The van der Waals surface area contributed by atoms with Crippen molar-refractivity contribution in [3.8, 4) is 0 Å². The highest BCUT2D eigenvalue weighted by atomic mass is 35.5. The fraction of sp³-hybridized carbons (Fsp3) is 0.0833. The molecule has 98 valence electrons. The molecule has 0 atom stereocenters. The second-order valence-corrected chi connectivity index (χ2v) is 4.23. The van der Waals surface area contributed by atoms with Gasteiger partial charge in [0, 0.05) is 12.3 Å². The number of benzene rings is 1. The maximum absolute atomic E-state index is 11.0. The summed E-state index contributed by atoms with van der Waals surface area (Å²) in [7, 11) is 0. The summed E-state index contributed by atoms with van der Waals surface area (Å²) in [6.07, 6.45) is 1.54. The zero-order valence-electron chi connectivity index (χ0n) is 9.62. The Morgan fingerprint density at radius 1 is 1.37 bits per heavy atom. The Morgan fingerprint density at radius 2 is 2.11 bits per heavy atom. The van der Waals surface area contributed by atoms with Crippen LogP contribution in [-0.2, 0) is 6.54 Å². The number of nitro benzene ring substituents is 1. The van der Waals surface area contributed by atoms with E-state index in [1.54, 1.807) is 6.07 Å². The summed E-state index contributed by atoms with van der Waals surface area (Å²) < 4.78 is 1.40. The number of hydrogen-bond donors (Lipinski definition) is 1. The van der Waals surface area contributed by atoms with Crippen LogP contribution in [-0.4, -0.2) is 20.6 Å². The number of rotatable bonds is 4. The van der Waals surface area contributed by atoms with Crippen molar-refractivity contribution in [3.63, 3.8) is 0 Å². The van der Waals surface area contributed by atoms with Crippen LogP contribution in [0.15, 0.2) is 36.5 Å². The van der Waals surface area contributed by atoms with E-state index in [1.807, 2.05) is 0 Å². The van der Waals surface area contributed by atoms with Gasteiger partial charge in [0.05, 0.1) is 22.1 Å². The van der Waals surface area contributed by atoms with Crippen molar-refractivity contribution < 1.29 is 14.8 Å². The SMILES string of the molecule is O=C(O)c1cccn1Cc1c(Cl)cccc1[N+](=O)[O-]. The third-order valence-electron chi connectivity index (χ3n) is 2.67. The number of nitro groups is 1. The minimum absolute atomic E-state index is 0.0324. The molecule has 0 saturated carbocycles. The summed E-state index contributed by atoms with van der Waals surface area (Å²) in [6.45, 7) is 0.0324. The van der Waals surface area contributed by atoms with Crippen molar-refractivity contribution in [3.05, 3.63) is 62.9 Å². The van der Waals surface area contributed by atoms with Gasteiger partial charge in [-0.15, -0.1) is 0 Å². The maximum Gasteiger partial charge on any atom is 0.352 e. The molecular weight excluding hydrogens is 272 g/mol. The first-order valence-corrected chi connectivity index (χ1v) is 5.68. The molecular formula is C12H9ClN2O4. The molecule has 0 radical (unpaired) electrons. The third kappa shape index (κ3) is 2.58. The second-order valence-electron chi connectivity index (χ2n) is 3.82. The van der Waals surface area contributed by atoms with Gasteiger partial charge < -0.3 is 9.67 Å². The van der Waals surface area contributed by atoms with Gasteiger partial charge in [0.2, 0.25) is 0 Å². The Labute approximate surface area is 113 Å². The fourth-order valence-corrected chi connectivity index (χ4v) is 2.02. The molecule has 1 aromatic carbocycles. The van der Waals surface area contributed by atoms with Crippen molar-refractivity contribution in [2.75, 3.05) is 0 Å². The lowest BCUT2D eigenvalue weighted by molar-refractivity contribution is -0.385. The molecule has 0 bridgehead atoms. The van der Waals surface area contributed by atoms with Gasteiger partial charge in [-0.05, 0) is 18.2 Å². The Morgan fingerprint density at radius 3 is 2.74 bits per heavy atom. The van der Waals surface area contributed by atoms with E-state index in [0.717, 1.165) is 0 Å². The smallest absolute Gasteiger partial charge is 0.352 e. The first kappa shape index (κ1) is 13.1. The summed E-state index contributed by atoms with van der Waals surface area (Å²) in [5.41, 5.74) is 0.208. The zero-order valence-corrected chi connectivity index (χ0v) is 10.4. The number of halogens is 1. The molecule has 1 N–H and O–H groups in total. The summed E-state index contributed by atoms with van der Waals surface area (Å²) in [6, 6.07) is 7.34. The van der Waals surface area contributed by atoms with E-state index in [1.165, 1.54) is 35.0 Å². The summed E-state index contributed by atoms with van der Waals surface area (Å²) >= 11 is 5.96. The third-order valence-corrected chi connectivity index (χ3v) is 3.02. The predicted molar refractivity (Wildman–Crippen MR) is 68.6 cm³/mol. The Bertz CT molecular complexity index is 651. The van der Waals surface area contributed by atoms with Crippen molar-refractivity contribution >= 4 is 23.3 Å². The highest BCUT2D eigenvalue weighted by Crippen LogP contribution is 2.27. The average Bonchev–Trinajstić information content (AvgIpc) is 2.79. The number of hydrogen-bond acceptors (Lipinski definition) is 3. The normalized spacial score (nSPS) is 10.4. The van der Waals surface area contributed by atoms with Crippen LogP contribution in [0.4, 0.5) is 5.69 Å². The van der Waals surface area contributed by atoms with Crippen LogP contribution in [0, 0.1) is 10.1 Å². The molecule has 2 aromatic rings. The molecule has 0 saturated heterocycles. The van der Waals surface area contributed by atoms with E-state index in [4.69, 9.17) is 16.7 Å². The van der Waals surface area contributed by atoms with Crippen molar-refractivity contribution in [2.45, 2.75) is 6.54 Å². The summed E-state index contributed by atoms with van der Waals surface area (Å²) in [4.78, 5) is 21.4. The first-order chi connectivity index (χ1) is 9.00. The Hall–Kier alpha value is -2.34. The van der Waals surface area contributed by atoms with E-state index in [0.29, 0.717) is 0 Å². The molecule has 6 nitrogen and oxygen atoms in total. The van der Waals surface area contributed by atoms with Crippen molar-refractivity contribution in [1.82, 2.24) is 4.57 Å². The molecule has 7 heteroatoms. The molecule has 19 heavy (non-hydrogen) atoms. The van der Waals surface area contributed by atoms with Crippen LogP contribution in [0.5, 0.6) is 0 Å².